The molecule has 0 unspecified atom stereocenters. The number of rotatable bonds is 2. The maximum absolute atomic E-state index is 13.8. The molecule has 0 aromatic heterocycles. The Bertz CT molecular complexity index is 939. The third kappa shape index (κ3) is 2.02. The van der Waals surface area contributed by atoms with Gasteiger partial charge in [0.1, 0.15) is 17.3 Å². The summed E-state index contributed by atoms with van der Waals surface area (Å²) in [5.41, 5.74) is -1.27. The number of Topliss-reactive ketones (excluding diaryl/α,β-unsaturated/α-hetero) is 1. The fraction of sp³-hybridized carbons (Fsp3) is 0.800. The second kappa shape index (κ2) is 6.25. The van der Waals surface area contributed by atoms with Crippen LogP contribution in [0, 0.1) is 34.0 Å². The van der Waals surface area contributed by atoms with Crippen molar-refractivity contribution >= 4 is 5.78 Å². The molecule has 4 bridgehead atoms. The average Bonchev–Trinajstić information content (AvgIpc) is 2.84. The van der Waals surface area contributed by atoms with E-state index in [-0.39, 0.29) is 30.0 Å². The summed E-state index contributed by atoms with van der Waals surface area (Å²) in [4.78, 5) is 13.8. The number of hydrogen-bond acceptors (Lipinski definition) is 7. The van der Waals surface area contributed by atoms with Crippen LogP contribution in [0.3, 0.4) is 0 Å². The lowest BCUT2D eigenvalue weighted by Crippen LogP contribution is -2.84. The molecule has 7 aliphatic rings. The summed E-state index contributed by atoms with van der Waals surface area (Å²) in [6.07, 6.45) is 0.716. The van der Waals surface area contributed by atoms with Crippen molar-refractivity contribution in [3.05, 3.63) is 23.5 Å². The van der Waals surface area contributed by atoms with Crippen molar-refractivity contribution in [1.29, 1.82) is 0 Å². The Morgan fingerprint density at radius 2 is 1.94 bits per heavy atom. The van der Waals surface area contributed by atoms with E-state index >= 15 is 0 Å². The van der Waals surface area contributed by atoms with Crippen LogP contribution in [-0.2, 0) is 19.0 Å². The van der Waals surface area contributed by atoms with Gasteiger partial charge in [-0.1, -0.05) is 20.4 Å². The van der Waals surface area contributed by atoms with E-state index in [0.717, 1.165) is 25.0 Å². The predicted octanol–water partition coefficient (Wildman–Crippen LogP) is 2.05. The highest BCUT2D eigenvalue weighted by Crippen LogP contribution is 2.77. The monoisotopic (exact) mass is 446 g/mol. The van der Waals surface area contributed by atoms with Crippen LogP contribution in [0.4, 0.5) is 0 Å². The minimum atomic E-state index is -2.15. The van der Waals surface area contributed by atoms with Gasteiger partial charge < -0.3 is 29.5 Å². The van der Waals surface area contributed by atoms with Crippen LogP contribution in [0.25, 0.3) is 0 Å². The Balaban J connectivity index is 1.62. The number of fused-ring (bicyclic) bond motifs is 2. The van der Waals surface area contributed by atoms with Gasteiger partial charge in [0.05, 0.1) is 18.1 Å². The highest BCUT2D eigenvalue weighted by Gasteiger charge is 2.87. The minimum absolute atomic E-state index is 0.149. The summed E-state index contributed by atoms with van der Waals surface area (Å²) in [5.74, 6) is -2.95. The number of carbonyl (C=O) groups is 1. The summed E-state index contributed by atoms with van der Waals surface area (Å²) in [6, 6.07) is 0. The quantitative estimate of drug-likeness (QED) is 0.558. The molecule has 7 heteroatoms. The smallest absolute Gasteiger partial charge is 0.208 e. The Kier molecular flexibility index (Phi) is 4.16. The van der Waals surface area contributed by atoms with Gasteiger partial charge in [0.25, 0.3) is 0 Å². The first-order chi connectivity index (χ1) is 15.1. The van der Waals surface area contributed by atoms with Gasteiger partial charge in [0.15, 0.2) is 12.1 Å². The molecule has 3 heterocycles. The van der Waals surface area contributed by atoms with Crippen LogP contribution < -0.4 is 0 Å². The predicted molar refractivity (Wildman–Crippen MR) is 113 cm³/mol. The molecular formula is C25H34O7. The molecule has 2 spiro atoms. The minimum Gasteiger partial charge on any atom is -0.469 e. The first-order valence-corrected chi connectivity index (χ1v) is 12.0. The zero-order valence-electron chi connectivity index (χ0n) is 19.1. The number of aliphatic hydroxyl groups excluding tert-OH is 2. The number of ether oxygens (including phenoxy) is 3. The number of allylic oxidation sites excluding steroid dienone is 1. The lowest BCUT2D eigenvalue weighted by Gasteiger charge is -2.73. The number of hydrogen-bond donors (Lipinski definition) is 3. The first-order valence-electron chi connectivity index (χ1n) is 12.0. The maximum atomic E-state index is 13.8. The zero-order chi connectivity index (χ0) is 22.8. The molecular weight excluding hydrogens is 412 g/mol. The third-order valence-corrected chi connectivity index (χ3v) is 9.83. The molecule has 3 N–H and O–H groups in total. The normalized spacial score (nSPS) is 52.9. The van der Waals surface area contributed by atoms with E-state index in [1.165, 1.54) is 5.57 Å². The topological polar surface area (TPSA) is 105 Å². The van der Waals surface area contributed by atoms with Crippen molar-refractivity contribution in [2.45, 2.75) is 77.2 Å². The molecule has 4 aliphatic carbocycles. The van der Waals surface area contributed by atoms with Gasteiger partial charge in [-0.3, -0.25) is 4.79 Å². The Hall–Kier alpha value is -1.25. The third-order valence-electron chi connectivity index (χ3n) is 9.83. The average molecular weight is 447 g/mol. The van der Waals surface area contributed by atoms with Crippen LogP contribution in [0.2, 0.25) is 0 Å². The van der Waals surface area contributed by atoms with Gasteiger partial charge in [0.2, 0.25) is 5.79 Å². The second-order valence-corrected chi connectivity index (χ2v) is 11.5. The molecule has 7 nitrogen and oxygen atoms in total. The van der Waals surface area contributed by atoms with Gasteiger partial charge in [-0.15, -0.1) is 0 Å². The van der Waals surface area contributed by atoms with Crippen LogP contribution in [0.15, 0.2) is 23.5 Å². The number of ketones is 1. The largest absolute Gasteiger partial charge is 0.469 e. The van der Waals surface area contributed by atoms with Crippen molar-refractivity contribution < 1.29 is 34.3 Å². The van der Waals surface area contributed by atoms with Gasteiger partial charge in [0, 0.05) is 24.9 Å². The van der Waals surface area contributed by atoms with Gasteiger partial charge in [-0.05, 0) is 55.1 Å². The molecule has 0 amide bonds. The molecule has 0 radical (unpaired) electrons. The van der Waals surface area contributed by atoms with Gasteiger partial charge in [-0.25, -0.2) is 0 Å². The SMILES string of the molecule is C=C1C(=O)[C@]23[C@H](O)[C@H]1CC[C@H]2[C@@]12CO[C@@]3(O)[C@@H](O)[C@@H]1C(C)(C)CC1=C2O[C@H](OCC)CC1. The molecule has 32 heavy (non-hydrogen) atoms. The van der Waals surface area contributed by atoms with Gasteiger partial charge >= 0.3 is 0 Å². The van der Waals surface area contributed by atoms with E-state index < -0.39 is 40.7 Å². The molecule has 9 atom stereocenters. The van der Waals surface area contributed by atoms with E-state index in [9.17, 15) is 20.1 Å². The number of aliphatic hydroxyl groups is 3. The summed E-state index contributed by atoms with van der Waals surface area (Å²) in [7, 11) is 0. The highest BCUT2D eigenvalue weighted by atomic mass is 16.7. The van der Waals surface area contributed by atoms with Gasteiger partial charge in [-0.2, -0.15) is 0 Å². The van der Waals surface area contributed by atoms with Crippen LogP contribution in [0.1, 0.15) is 52.9 Å². The van der Waals surface area contributed by atoms with Crippen LogP contribution in [-0.4, -0.2) is 58.6 Å². The van der Waals surface area contributed by atoms with E-state index in [4.69, 9.17) is 14.2 Å². The lowest BCUT2D eigenvalue weighted by atomic mass is 9.36. The molecule has 0 aromatic carbocycles. The second-order valence-electron chi connectivity index (χ2n) is 11.5. The molecule has 2 saturated heterocycles. The number of carbonyl (C=O) groups excluding carboxylic acids is 1. The zero-order valence-corrected chi connectivity index (χ0v) is 19.1. The Labute approximate surface area is 188 Å². The van der Waals surface area contributed by atoms with E-state index in [0.29, 0.717) is 25.0 Å². The highest BCUT2D eigenvalue weighted by molar-refractivity contribution is 6.05. The standard InChI is InChI=1S/C25H34O7/c1-5-30-16-9-6-13-10-22(3,4)17-20(28)25(29)24-15(23(17,11-31-25)21(13)32-16)8-7-14(19(24)27)12(2)18(24)26/h14-17,19-20,27-29H,2,5-11H2,1,3-4H3/t14-,15-,16-,17+,19+,20-,23-,24-,25-/m0/s1. The van der Waals surface area contributed by atoms with Crippen molar-refractivity contribution in [1.82, 2.24) is 0 Å². The first kappa shape index (κ1) is 21.3. The molecule has 3 saturated carbocycles. The molecule has 0 aromatic rings. The molecule has 7 rings (SSSR count). The van der Waals surface area contributed by atoms with Crippen molar-refractivity contribution in [3.8, 4) is 0 Å². The van der Waals surface area contributed by atoms with E-state index in [1.54, 1.807) is 0 Å². The maximum Gasteiger partial charge on any atom is 0.208 e. The van der Waals surface area contributed by atoms with Crippen LogP contribution in [0.5, 0.6) is 0 Å². The summed E-state index contributed by atoms with van der Waals surface area (Å²) < 4.78 is 18.4. The summed E-state index contributed by atoms with van der Waals surface area (Å²) >= 11 is 0. The fourth-order valence-corrected chi connectivity index (χ4v) is 8.97. The Morgan fingerprint density at radius 1 is 1.19 bits per heavy atom. The molecule has 176 valence electrons. The lowest BCUT2D eigenvalue weighted by molar-refractivity contribution is -0.444. The van der Waals surface area contributed by atoms with E-state index in [1.807, 2.05) is 6.92 Å². The van der Waals surface area contributed by atoms with Crippen molar-refractivity contribution in [2.24, 2.45) is 34.0 Å². The van der Waals surface area contributed by atoms with Crippen LogP contribution >= 0.6 is 0 Å². The molecule has 3 aliphatic heterocycles. The summed E-state index contributed by atoms with van der Waals surface area (Å²) in [6.45, 7) is 10.8. The Morgan fingerprint density at radius 3 is 2.66 bits per heavy atom. The summed E-state index contributed by atoms with van der Waals surface area (Å²) in [5, 5.41) is 35.2. The van der Waals surface area contributed by atoms with Crippen molar-refractivity contribution in [3.63, 3.8) is 0 Å². The van der Waals surface area contributed by atoms with E-state index in [2.05, 4.69) is 20.4 Å². The fourth-order valence-electron chi connectivity index (χ4n) is 8.97. The molecule has 5 fully saturated rings. The van der Waals surface area contributed by atoms with Crippen molar-refractivity contribution in [2.75, 3.05) is 13.2 Å².